The van der Waals surface area contributed by atoms with Gasteiger partial charge in [0.1, 0.15) is 5.75 Å². The highest BCUT2D eigenvalue weighted by Gasteiger charge is 2.68. The van der Waals surface area contributed by atoms with Gasteiger partial charge in [-0.15, -0.1) is 0 Å². The van der Waals surface area contributed by atoms with Crippen molar-refractivity contribution in [1.82, 2.24) is 4.90 Å². The minimum absolute atomic E-state index is 0.154. The molecule has 0 radical (unpaired) electrons. The van der Waals surface area contributed by atoms with Gasteiger partial charge in [-0.1, -0.05) is 42.0 Å². The van der Waals surface area contributed by atoms with Gasteiger partial charge in [0.15, 0.2) is 0 Å². The molecule has 0 aromatic heterocycles. The summed E-state index contributed by atoms with van der Waals surface area (Å²) < 4.78 is 0. The Balaban J connectivity index is 1.55. The largest absolute Gasteiger partial charge is 0.507 e. The van der Waals surface area contributed by atoms with Crippen LogP contribution in [0, 0.1) is 42.9 Å². The van der Waals surface area contributed by atoms with Crippen LogP contribution >= 0.6 is 0 Å². The van der Waals surface area contributed by atoms with Crippen LogP contribution in [0.5, 0.6) is 5.75 Å². The number of rotatable bonds is 2. The van der Waals surface area contributed by atoms with Crippen molar-refractivity contribution in [2.45, 2.75) is 65.8 Å². The summed E-state index contributed by atoms with van der Waals surface area (Å²) in [6.45, 7) is 11.1. The van der Waals surface area contributed by atoms with Gasteiger partial charge in [0.2, 0.25) is 23.6 Å². The number of para-hydroxylation sites is 1. The zero-order valence-electron chi connectivity index (χ0n) is 23.9. The number of hydrogen-bond acceptors (Lipinski definition) is 5. The molecule has 0 bridgehead atoms. The van der Waals surface area contributed by atoms with Crippen molar-refractivity contribution in [1.29, 1.82) is 0 Å². The lowest BCUT2D eigenvalue weighted by molar-refractivity contribution is -0.145. The van der Waals surface area contributed by atoms with E-state index in [-0.39, 0.29) is 35.3 Å². The standard InChI is InChI=1S/C33H36N2O5/c1-17-14-19(15-18(2)27(17)36)26-21-12-13-22-25(30(39)35(28(22)37)32(3,4)5)23(21)16-24-29(38)34(31(40)33(24,26)6)20-10-8-7-9-11-20/h7-12,14-15,22-26,36H,13,16H2,1-6H3/t22-,23+,24-,25-,26-,33+/m0/s1. The van der Waals surface area contributed by atoms with E-state index in [1.165, 1.54) is 9.80 Å². The number of phenols is 1. The van der Waals surface area contributed by atoms with Crippen LogP contribution in [0.15, 0.2) is 54.1 Å². The van der Waals surface area contributed by atoms with Crippen LogP contribution < -0.4 is 4.90 Å². The SMILES string of the molecule is Cc1cc([C@H]2C3=CC[C@@H]4C(=O)N(C(C)(C)C)C(=O)[C@@H]4[C@@H]3C[C@H]3C(=O)N(c4ccccc4)C(=O)[C@@]23C)cc(C)c1O. The number of carbonyl (C=O) groups is 4. The topological polar surface area (TPSA) is 95.0 Å². The van der Waals surface area contributed by atoms with Gasteiger partial charge in [0.25, 0.3) is 0 Å². The second kappa shape index (κ2) is 8.63. The van der Waals surface area contributed by atoms with Crippen molar-refractivity contribution >= 4 is 29.3 Å². The van der Waals surface area contributed by atoms with E-state index in [0.717, 1.165) is 11.1 Å². The Bertz CT molecular complexity index is 1480. The first-order valence-electron chi connectivity index (χ1n) is 14.1. The van der Waals surface area contributed by atoms with Crippen LogP contribution in [0.25, 0.3) is 0 Å². The second-order valence-corrected chi connectivity index (χ2v) is 13.2. The molecule has 208 valence electrons. The summed E-state index contributed by atoms with van der Waals surface area (Å²) in [5, 5.41) is 10.6. The van der Waals surface area contributed by atoms with Crippen molar-refractivity contribution in [3.63, 3.8) is 0 Å². The summed E-state index contributed by atoms with van der Waals surface area (Å²) in [5.41, 5.74) is 1.97. The molecule has 2 aliphatic heterocycles. The maximum atomic E-state index is 14.4. The first-order chi connectivity index (χ1) is 18.8. The molecule has 0 spiro atoms. The predicted octanol–water partition coefficient (Wildman–Crippen LogP) is 5.04. The Morgan fingerprint density at radius 3 is 2.12 bits per heavy atom. The van der Waals surface area contributed by atoms with Crippen LogP contribution in [-0.2, 0) is 19.2 Å². The molecule has 0 unspecified atom stereocenters. The lowest BCUT2D eigenvalue weighted by Gasteiger charge is -2.49. The number of fused-ring (bicyclic) bond motifs is 4. The van der Waals surface area contributed by atoms with E-state index in [4.69, 9.17) is 0 Å². The van der Waals surface area contributed by atoms with Gasteiger partial charge < -0.3 is 5.11 Å². The van der Waals surface area contributed by atoms with E-state index in [1.54, 1.807) is 24.3 Å². The number of likely N-dealkylation sites (tertiary alicyclic amines) is 1. The monoisotopic (exact) mass is 540 g/mol. The maximum absolute atomic E-state index is 14.4. The number of imide groups is 2. The van der Waals surface area contributed by atoms with Gasteiger partial charge in [-0.3, -0.25) is 24.1 Å². The third kappa shape index (κ3) is 3.42. The van der Waals surface area contributed by atoms with Crippen molar-refractivity contribution in [2.24, 2.45) is 29.1 Å². The Hall–Kier alpha value is -3.74. The summed E-state index contributed by atoms with van der Waals surface area (Å²) in [4.78, 5) is 58.7. The number of aryl methyl sites for hydroxylation is 2. The van der Waals surface area contributed by atoms with E-state index in [0.29, 0.717) is 29.7 Å². The van der Waals surface area contributed by atoms with Crippen molar-refractivity contribution in [2.75, 3.05) is 4.90 Å². The third-order valence-electron chi connectivity index (χ3n) is 9.81. The molecule has 2 aromatic carbocycles. The fourth-order valence-electron chi connectivity index (χ4n) is 8.04. The van der Waals surface area contributed by atoms with Crippen LogP contribution in [0.2, 0.25) is 0 Å². The Morgan fingerprint density at radius 1 is 0.900 bits per heavy atom. The normalized spacial score (nSPS) is 31.8. The second-order valence-electron chi connectivity index (χ2n) is 13.2. The smallest absolute Gasteiger partial charge is 0.241 e. The molecule has 2 aromatic rings. The van der Waals surface area contributed by atoms with E-state index < -0.39 is 34.6 Å². The van der Waals surface area contributed by atoms with Crippen LogP contribution in [0.4, 0.5) is 5.69 Å². The third-order valence-corrected chi connectivity index (χ3v) is 9.81. The molecular formula is C33H36N2O5. The maximum Gasteiger partial charge on any atom is 0.241 e. The number of carbonyl (C=O) groups excluding carboxylic acids is 4. The molecule has 3 fully saturated rings. The zero-order valence-corrected chi connectivity index (χ0v) is 23.9. The highest BCUT2D eigenvalue weighted by atomic mass is 16.3. The average molecular weight is 541 g/mol. The fourth-order valence-corrected chi connectivity index (χ4v) is 8.04. The van der Waals surface area contributed by atoms with E-state index in [2.05, 4.69) is 6.08 Å². The van der Waals surface area contributed by atoms with Gasteiger partial charge in [0.05, 0.1) is 28.9 Å². The van der Waals surface area contributed by atoms with Gasteiger partial charge in [0, 0.05) is 11.5 Å². The number of nitrogens with zero attached hydrogens (tertiary/aromatic N) is 2. The molecule has 40 heavy (non-hydrogen) atoms. The Labute approximate surface area is 234 Å². The van der Waals surface area contributed by atoms with Gasteiger partial charge in [-0.2, -0.15) is 0 Å². The minimum Gasteiger partial charge on any atom is -0.507 e. The number of allylic oxidation sites excluding steroid dienone is 2. The zero-order chi connectivity index (χ0) is 28.9. The number of hydrogen-bond donors (Lipinski definition) is 1. The van der Waals surface area contributed by atoms with Crippen molar-refractivity contribution in [3.8, 4) is 5.75 Å². The molecule has 7 nitrogen and oxygen atoms in total. The van der Waals surface area contributed by atoms with Gasteiger partial charge >= 0.3 is 0 Å². The van der Waals surface area contributed by atoms with Gasteiger partial charge in [-0.05, 0) is 89.1 Å². The number of phenolic OH excluding ortho intramolecular Hbond substituents is 1. The highest BCUT2D eigenvalue weighted by molar-refractivity contribution is 6.24. The van der Waals surface area contributed by atoms with Gasteiger partial charge in [-0.25, -0.2) is 4.90 Å². The summed E-state index contributed by atoms with van der Waals surface area (Å²) >= 11 is 0. The molecule has 1 saturated carbocycles. The molecule has 1 N–H and O–H groups in total. The Kier molecular flexibility index (Phi) is 5.71. The molecule has 4 aliphatic rings. The predicted molar refractivity (Wildman–Crippen MR) is 150 cm³/mol. The summed E-state index contributed by atoms with van der Waals surface area (Å²) in [7, 11) is 0. The van der Waals surface area contributed by atoms with E-state index in [9.17, 15) is 24.3 Å². The molecule has 2 aliphatic carbocycles. The number of benzene rings is 2. The molecule has 7 heteroatoms. The van der Waals surface area contributed by atoms with Crippen LogP contribution in [0.1, 0.15) is 63.1 Å². The number of anilines is 1. The fraction of sp³-hybridized carbons (Fsp3) is 0.455. The van der Waals surface area contributed by atoms with Crippen molar-refractivity contribution < 1.29 is 24.3 Å². The molecular weight excluding hydrogens is 504 g/mol. The molecule has 2 saturated heterocycles. The Morgan fingerprint density at radius 2 is 1.52 bits per heavy atom. The lowest BCUT2D eigenvalue weighted by atomic mass is 9.51. The van der Waals surface area contributed by atoms with Crippen LogP contribution in [-0.4, -0.2) is 39.2 Å². The van der Waals surface area contributed by atoms with E-state index >= 15 is 0 Å². The first-order valence-corrected chi connectivity index (χ1v) is 14.1. The first kappa shape index (κ1) is 26.5. The highest BCUT2D eigenvalue weighted by Crippen LogP contribution is 2.64. The minimum atomic E-state index is -1.09. The average Bonchev–Trinajstić information content (AvgIpc) is 3.27. The van der Waals surface area contributed by atoms with Crippen LogP contribution in [0.3, 0.4) is 0 Å². The number of aromatic hydroxyl groups is 1. The van der Waals surface area contributed by atoms with Crippen molar-refractivity contribution in [3.05, 3.63) is 70.8 Å². The van der Waals surface area contributed by atoms with E-state index in [1.807, 2.05) is 59.7 Å². The summed E-state index contributed by atoms with van der Waals surface area (Å²) in [6.07, 6.45) is 2.82. The molecule has 2 heterocycles. The molecule has 6 atom stereocenters. The molecule has 6 rings (SSSR count). The summed E-state index contributed by atoms with van der Waals surface area (Å²) in [6, 6.07) is 12.8. The summed E-state index contributed by atoms with van der Waals surface area (Å²) in [5.74, 6) is -3.17. The number of amides is 4. The lowest BCUT2D eigenvalue weighted by Crippen LogP contribution is -2.49. The quantitative estimate of drug-likeness (QED) is 0.426. The molecule has 4 amide bonds.